The predicted octanol–water partition coefficient (Wildman–Crippen LogP) is 7.06. The van der Waals surface area contributed by atoms with Gasteiger partial charge in [-0.2, -0.15) is 0 Å². The van der Waals surface area contributed by atoms with E-state index >= 15 is 0 Å². The van der Waals surface area contributed by atoms with Gasteiger partial charge in [0.2, 0.25) is 5.69 Å². The van der Waals surface area contributed by atoms with Gasteiger partial charge in [-0.3, -0.25) is 4.79 Å². The van der Waals surface area contributed by atoms with Crippen molar-refractivity contribution in [2.24, 2.45) is 0 Å². The van der Waals surface area contributed by atoms with Crippen LogP contribution in [0.3, 0.4) is 0 Å². The number of carbonyl (C=O) groups is 1. The first-order valence-corrected chi connectivity index (χ1v) is 18.9. The maximum Gasteiger partial charge on any atom is 0.303 e. The van der Waals surface area contributed by atoms with Gasteiger partial charge in [-0.15, -0.1) is 0 Å². The van der Waals surface area contributed by atoms with Crippen molar-refractivity contribution in [3.8, 4) is 0 Å². The zero-order valence-electron chi connectivity index (χ0n) is 25.3. The van der Waals surface area contributed by atoms with E-state index in [-0.39, 0.29) is 13.2 Å². The number of ether oxygens (including phenoxy) is 5. The first kappa shape index (κ1) is 34.8. The summed E-state index contributed by atoms with van der Waals surface area (Å²) in [6, 6.07) is 29.6. The SMILES string of the molecule is CCOP(=S)(OCC)S[C@H]1O[C@H](COCc2ccccc2)[C@@H](OCc2ccccc2)[C@H](OCc2ccccc2)[C@H]1OC(C)=O. The van der Waals surface area contributed by atoms with Crippen molar-refractivity contribution in [3.63, 3.8) is 0 Å². The molecular weight excluding hydrogens is 619 g/mol. The third-order valence-electron chi connectivity index (χ3n) is 6.66. The molecule has 0 saturated carbocycles. The van der Waals surface area contributed by atoms with E-state index in [1.54, 1.807) is 0 Å². The van der Waals surface area contributed by atoms with Crippen molar-refractivity contribution in [1.29, 1.82) is 0 Å². The fraction of sp³-hybridized carbons (Fsp3) is 0.424. The molecule has 1 heterocycles. The second-order valence-corrected chi connectivity index (χ2v) is 16.3. The van der Waals surface area contributed by atoms with Crippen LogP contribution in [0.2, 0.25) is 0 Å². The average Bonchev–Trinajstić information content (AvgIpc) is 3.02. The lowest BCUT2D eigenvalue weighted by molar-refractivity contribution is -0.249. The summed E-state index contributed by atoms with van der Waals surface area (Å²) in [4.78, 5) is 12.5. The summed E-state index contributed by atoms with van der Waals surface area (Å²) in [5.74, 6) is -0.473. The average molecular weight is 661 g/mol. The van der Waals surface area contributed by atoms with Gasteiger partial charge in [0.15, 0.2) is 11.5 Å². The summed E-state index contributed by atoms with van der Waals surface area (Å²) in [5.41, 5.74) is -0.624. The standard InChI is InChI=1S/C33H41O8PS2/c1-4-38-42(43,39-5-2)44-33-32(40-25(3)34)31(37-23-28-19-13-8-14-20-28)30(36-22-27-17-11-7-12-18-27)29(41-33)24-35-21-26-15-9-6-10-16-26/h6-20,29-33H,4-5,21-24H2,1-3H3/t29-,30-,31+,32-,33-/m1/s1. The molecule has 1 aliphatic rings. The normalized spacial score (nSPS) is 22.0. The number of benzene rings is 3. The molecule has 0 aliphatic carbocycles. The first-order valence-electron chi connectivity index (χ1n) is 14.7. The highest BCUT2D eigenvalue weighted by molar-refractivity contribution is 8.68. The minimum atomic E-state index is -2.86. The van der Waals surface area contributed by atoms with Crippen LogP contribution in [0.25, 0.3) is 0 Å². The van der Waals surface area contributed by atoms with Crippen molar-refractivity contribution in [2.75, 3.05) is 19.8 Å². The first-order chi connectivity index (χ1) is 21.4. The molecule has 0 radical (unpaired) electrons. The molecule has 0 unspecified atom stereocenters. The minimum absolute atomic E-state index is 0.204. The van der Waals surface area contributed by atoms with E-state index in [0.29, 0.717) is 26.4 Å². The van der Waals surface area contributed by atoms with Gasteiger partial charge in [-0.25, -0.2) is 0 Å². The van der Waals surface area contributed by atoms with Gasteiger partial charge in [0.25, 0.3) is 0 Å². The number of esters is 1. The molecule has 4 rings (SSSR count). The Balaban J connectivity index is 1.67. The van der Waals surface area contributed by atoms with Gasteiger partial charge < -0.3 is 32.7 Å². The molecule has 0 aromatic heterocycles. The van der Waals surface area contributed by atoms with Crippen molar-refractivity contribution in [1.82, 2.24) is 0 Å². The molecule has 0 amide bonds. The lowest BCUT2D eigenvalue weighted by Gasteiger charge is -2.46. The summed E-state index contributed by atoms with van der Waals surface area (Å²) in [5, 5.41) is 0. The van der Waals surface area contributed by atoms with Crippen LogP contribution < -0.4 is 0 Å². The largest absolute Gasteiger partial charge is 0.456 e. The van der Waals surface area contributed by atoms with Crippen LogP contribution in [0.1, 0.15) is 37.5 Å². The van der Waals surface area contributed by atoms with E-state index < -0.39 is 41.5 Å². The molecule has 0 spiro atoms. The van der Waals surface area contributed by atoms with Crippen molar-refractivity contribution in [2.45, 2.75) is 70.4 Å². The molecule has 3 aromatic carbocycles. The number of rotatable bonds is 17. The Morgan fingerprint density at radius 2 is 1.23 bits per heavy atom. The van der Waals surface area contributed by atoms with Gasteiger partial charge in [-0.05, 0) is 53.7 Å². The van der Waals surface area contributed by atoms with Crippen molar-refractivity contribution < 1.29 is 37.5 Å². The van der Waals surface area contributed by atoms with Gasteiger partial charge in [0, 0.05) is 6.92 Å². The summed E-state index contributed by atoms with van der Waals surface area (Å²) in [7, 11) is 0. The Bertz CT molecular complexity index is 1290. The number of hydrogen-bond donors (Lipinski definition) is 0. The Hall–Kier alpha value is -2.11. The molecule has 1 fully saturated rings. The second kappa shape index (κ2) is 18.1. The van der Waals surface area contributed by atoms with E-state index in [1.165, 1.54) is 18.3 Å². The minimum Gasteiger partial charge on any atom is -0.456 e. The van der Waals surface area contributed by atoms with Crippen LogP contribution in [0.4, 0.5) is 0 Å². The zero-order chi connectivity index (χ0) is 31.2. The summed E-state index contributed by atoms with van der Waals surface area (Å²) >= 11 is 7.10. The number of carbonyl (C=O) groups excluding carboxylic acids is 1. The Morgan fingerprint density at radius 3 is 1.70 bits per heavy atom. The van der Waals surface area contributed by atoms with Crippen LogP contribution >= 0.6 is 17.1 Å². The predicted molar refractivity (Wildman–Crippen MR) is 175 cm³/mol. The Labute approximate surface area is 269 Å². The highest BCUT2D eigenvalue weighted by Crippen LogP contribution is 2.64. The summed E-state index contributed by atoms with van der Waals surface area (Å²) in [6.07, 6.45) is -2.81. The van der Waals surface area contributed by atoms with Crippen molar-refractivity contribution >= 4 is 34.9 Å². The number of hydrogen-bond acceptors (Lipinski definition) is 10. The maximum atomic E-state index is 12.5. The van der Waals surface area contributed by atoms with Gasteiger partial charge in [0.05, 0.1) is 39.6 Å². The van der Waals surface area contributed by atoms with Gasteiger partial charge in [-0.1, -0.05) is 91.0 Å². The molecule has 0 N–H and O–H groups in total. The quantitative estimate of drug-likeness (QED) is 0.111. The molecule has 238 valence electrons. The fourth-order valence-electron chi connectivity index (χ4n) is 4.75. The third kappa shape index (κ3) is 10.8. The van der Waals surface area contributed by atoms with E-state index in [0.717, 1.165) is 16.7 Å². The van der Waals surface area contributed by atoms with Gasteiger partial charge in [0.1, 0.15) is 18.3 Å². The monoisotopic (exact) mass is 660 g/mol. The lowest BCUT2D eigenvalue weighted by atomic mass is 9.99. The zero-order valence-corrected chi connectivity index (χ0v) is 27.8. The van der Waals surface area contributed by atoms with E-state index in [9.17, 15) is 4.79 Å². The fourth-order valence-corrected chi connectivity index (χ4v) is 10.0. The molecule has 11 heteroatoms. The lowest BCUT2D eigenvalue weighted by Crippen LogP contribution is -2.60. The van der Waals surface area contributed by atoms with E-state index in [4.69, 9.17) is 44.5 Å². The molecule has 44 heavy (non-hydrogen) atoms. The highest BCUT2D eigenvalue weighted by atomic mass is 32.9. The molecule has 1 saturated heterocycles. The molecular formula is C33H41O8PS2. The Kier molecular flexibility index (Phi) is 14.3. The van der Waals surface area contributed by atoms with E-state index in [1.807, 2.05) is 105 Å². The molecule has 5 atom stereocenters. The van der Waals surface area contributed by atoms with Crippen LogP contribution in [0.5, 0.6) is 0 Å². The maximum absolute atomic E-state index is 12.5. The molecule has 3 aromatic rings. The second-order valence-electron chi connectivity index (χ2n) is 10.0. The summed E-state index contributed by atoms with van der Waals surface area (Å²) in [6.45, 7) is 7.01. The topological polar surface area (TPSA) is 81.7 Å². The Morgan fingerprint density at radius 1 is 0.750 bits per heavy atom. The van der Waals surface area contributed by atoms with Crippen molar-refractivity contribution in [3.05, 3.63) is 108 Å². The molecule has 1 aliphatic heterocycles. The van der Waals surface area contributed by atoms with Crippen LogP contribution in [0, 0.1) is 0 Å². The van der Waals surface area contributed by atoms with Crippen LogP contribution in [-0.2, 0) is 69.2 Å². The smallest absolute Gasteiger partial charge is 0.303 e. The summed E-state index contributed by atoms with van der Waals surface area (Å²) < 4.78 is 43.8. The molecule has 0 bridgehead atoms. The third-order valence-corrected chi connectivity index (χ3v) is 12.1. The van der Waals surface area contributed by atoms with Gasteiger partial charge >= 0.3 is 5.97 Å². The van der Waals surface area contributed by atoms with E-state index in [2.05, 4.69) is 0 Å². The van der Waals surface area contributed by atoms with Crippen LogP contribution in [-0.4, -0.2) is 55.6 Å². The van der Waals surface area contributed by atoms with Crippen LogP contribution in [0.15, 0.2) is 91.0 Å². The highest BCUT2D eigenvalue weighted by Gasteiger charge is 2.51. The molecule has 8 nitrogen and oxygen atoms in total.